The molecule has 1 aromatic carbocycles. The average Bonchev–Trinajstić information content (AvgIpc) is 3.02. The number of hydrogen-bond donors (Lipinski definition) is 1. The van der Waals surface area contributed by atoms with Crippen LogP contribution in [0.25, 0.3) is 0 Å². The predicted octanol–water partition coefficient (Wildman–Crippen LogP) is 3.00. The normalized spacial score (nSPS) is 17.3. The first kappa shape index (κ1) is 14.6. The summed E-state index contributed by atoms with van der Waals surface area (Å²) >= 11 is 0. The van der Waals surface area contributed by atoms with E-state index >= 15 is 0 Å². The molecule has 1 amide bonds. The summed E-state index contributed by atoms with van der Waals surface area (Å²) in [6.07, 6.45) is 3.47. The molecule has 1 unspecified atom stereocenters. The van der Waals surface area contributed by atoms with Gasteiger partial charge in [-0.15, -0.1) is 0 Å². The molecule has 2 aromatic rings. The fraction of sp³-hybridized carbons (Fsp3) is 0.412. The van der Waals surface area contributed by atoms with E-state index in [2.05, 4.69) is 24.3 Å². The van der Waals surface area contributed by atoms with Crippen molar-refractivity contribution >= 4 is 17.3 Å². The molecule has 5 nitrogen and oxygen atoms in total. The van der Waals surface area contributed by atoms with Gasteiger partial charge in [0.05, 0.1) is 23.1 Å². The number of nitrogens with one attached hydrogen (secondary N) is 1. The molecule has 0 saturated heterocycles. The number of fused-ring (bicyclic) bond motifs is 1. The highest BCUT2D eigenvalue weighted by atomic mass is 16.2. The molecule has 0 fully saturated rings. The summed E-state index contributed by atoms with van der Waals surface area (Å²) in [4.78, 5) is 14.8. The average molecular weight is 298 g/mol. The third-order valence-corrected chi connectivity index (χ3v) is 4.17. The van der Waals surface area contributed by atoms with E-state index in [0.717, 1.165) is 17.9 Å². The Morgan fingerprint density at radius 3 is 2.86 bits per heavy atom. The molecular formula is C17H22N4O. The number of anilines is 2. The highest BCUT2D eigenvalue weighted by Crippen LogP contribution is 2.33. The van der Waals surface area contributed by atoms with Crippen molar-refractivity contribution in [3.63, 3.8) is 0 Å². The fourth-order valence-corrected chi connectivity index (χ4v) is 2.74. The van der Waals surface area contributed by atoms with Gasteiger partial charge in [0.1, 0.15) is 0 Å². The number of benzene rings is 1. The minimum absolute atomic E-state index is 0.0132. The van der Waals surface area contributed by atoms with Crippen LogP contribution in [-0.4, -0.2) is 28.3 Å². The van der Waals surface area contributed by atoms with Gasteiger partial charge in [0, 0.05) is 25.3 Å². The third-order valence-electron chi connectivity index (χ3n) is 4.17. The van der Waals surface area contributed by atoms with E-state index < -0.39 is 0 Å². The van der Waals surface area contributed by atoms with Crippen molar-refractivity contribution in [3.05, 3.63) is 42.2 Å². The number of aromatic nitrogens is 2. The number of hydrogen-bond acceptors (Lipinski definition) is 3. The summed E-state index contributed by atoms with van der Waals surface area (Å²) in [7, 11) is 0. The second-order valence-corrected chi connectivity index (χ2v) is 6.01. The zero-order valence-corrected chi connectivity index (χ0v) is 13.3. The van der Waals surface area contributed by atoms with Crippen molar-refractivity contribution < 1.29 is 4.79 Å². The highest BCUT2D eigenvalue weighted by molar-refractivity contribution is 6.08. The molecule has 1 aromatic heterocycles. The minimum atomic E-state index is 0.0132. The van der Waals surface area contributed by atoms with Gasteiger partial charge in [-0.25, -0.2) is 0 Å². The Bertz CT molecular complexity index is 677. The lowest BCUT2D eigenvalue weighted by Gasteiger charge is -2.37. The molecule has 1 aliphatic heterocycles. The summed E-state index contributed by atoms with van der Waals surface area (Å²) in [6.45, 7) is 7.79. The molecule has 0 radical (unpaired) electrons. The first-order valence-corrected chi connectivity index (χ1v) is 7.80. The first-order valence-electron chi connectivity index (χ1n) is 7.80. The van der Waals surface area contributed by atoms with Crippen molar-refractivity contribution in [2.45, 2.75) is 33.4 Å². The Kier molecular flexibility index (Phi) is 3.88. The maximum Gasteiger partial charge on any atom is 0.261 e. The molecular weight excluding hydrogens is 276 g/mol. The number of amides is 1. The zero-order chi connectivity index (χ0) is 15.7. The Hall–Kier alpha value is -2.30. The molecule has 3 rings (SSSR count). The first-order chi connectivity index (χ1) is 10.6. The topological polar surface area (TPSA) is 50.2 Å². The largest absolute Gasteiger partial charge is 0.379 e. The van der Waals surface area contributed by atoms with Crippen LogP contribution in [0, 0.1) is 5.92 Å². The minimum Gasteiger partial charge on any atom is -0.379 e. The summed E-state index contributed by atoms with van der Waals surface area (Å²) in [5.41, 5.74) is 2.60. The molecule has 0 saturated carbocycles. The lowest BCUT2D eigenvalue weighted by Crippen LogP contribution is -2.46. The van der Waals surface area contributed by atoms with E-state index in [1.165, 1.54) is 0 Å². The van der Waals surface area contributed by atoms with Gasteiger partial charge in [-0.3, -0.25) is 9.48 Å². The predicted molar refractivity (Wildman–Crippen MR) is 88.3 cm³/mol. The SMILES string of the molecule is CCn1cc(C(=O)N2CC(C(C)C)Nc3ccccc32)cn1. The van der Waals surface area contributed by atoms with Gasteiger partial charge in [0.25, 0.3) is 5.91 Å². The summed E-state index contributed by atoms with van der Waals surface area (Å²) < 4.78 is 1.78. The van der Waals surface area contributed by atoms with Crippen molar-refractivity contribution in [3.8, 4) is 0 Å². The van der Waals surface area contributed by atoms with Gasteiger partial charge >= 0.3 is 0 Å². The molecule has 0 aliphatic carbocycles. The van der Waals surface area contributed by atoms with E-state index in [-0.39, 0.29) is 11.9 Å². The number of rotatable bonds is 3. The Morgan fingerprint density at radius 1 is 1.41 bits per heavy atom. The van der Waals surface area contributed by atoms with E-state index in [4.69, 9.17) is 0 Å². The Balaban J connectivity index is 1.95. The molecule has 5 heteroatoms. The molecule has 1 atom stereocenters. The second kappa shape index (κ2) is 5.83. The van der Waals surface area contributed by atoms with Gasteiger partial charge in [-0.1, -0.05) is 26.0 Å². The van der Waals surface area contributed by atoms with Crippen LogP contribution in [0.1, 0.15) is 31.1 Å². The van der Waals surface area contributed by atoms with Crippen molar-refractivity contribution in [2.24, 2.45) is 5.92 Å². The van der Waals surface area contributed by atoms with Crippen LogP contribution in [0.4, 0.5) is 11.4 Å². The van der Waals surface area contributed by atoms with Gasteiger partial charge in [0.2, 0.25) is 0 Å². The number of aryl methyl sites for hydroxylation is 1. The highest BCUT2D eigenvalue weighted by Gasteiger charge is 2.30. The third kappa shape index (κ3) is 2.58. The smallest absolute Gasteiger partial charge is 0.261 e. The summed E-state index contributed by atoms with van der Waals surface area (Å²) in [5, 5.41) is 7.75. The maximum atomic E-state index is 12.9. The maximum absolute atomic E-state index is 12.9. The number of carbonyl (C=O) groups is 1. The van der Waals surface area contributed by atoms with Gasteiger partial charge < -0.3 is 10.2 Å². The molecule has 22 heavy (non-hydrogen) atoms. The van der Waals surface area contributed by atoms with Crippen LogP contribution >= 0.6 is 0 Å². The number of nitrogens with zero attached hydrogens (tertiary/aromatic N) is 3. The van der Waals surface area contributed by atoms with Gasteiger partial charge in [-0.2, -0.15) is 5.10 Å². The summed E-state index contributed by atoms with van der Waals surface area (Å²) in [5.74, 6) is 0.460. The van der Waals surface area contributed by atoms with E-state index in [1.54, 1.807) is 10.9 Å². The van der Waals surface area contributed by atoms with Crippen LogP contribution in [0.15, 0.2) is 36.7 Å². The van der Waals surface area contributed by atoms with Crippen molar-refractivity contribution in [1.82, 2.24) is 9.78 Å². The fourth-order valence-electron chi connectivity index (χ4n) is 2.74. The van der Waals surface area contributed by atoms with Crippen LogP contribution in [-0.2, 0) is 6.54 Å². The second-order valence-electron chi connectivity index (χ2n) is 6.01. The van der Waals surface area contributed by atoms with Crippen molar-refractivity contribution in [2.75, 3.05) is 16.8 Å². The number of carbonyl (C=O) groups excluding carboxylic acids is 1. The van der Waals surface area contributed by atoms with E-state index in [0.29, 0.717) is 18.0 Å². The Morgan fingerprint density at radius 2 is 2.18 bits per heavy atom. The molecule has 2 heterocycles. The zero-order valence-electron chi connectivity index (χ0n) is 13.3. The Labute approximate surface area is 130 Å². The molecule has 116 valence electrons. The van der Waals surface area contributed by atoms with Gasteiger partial charge in [0.15, 0.2) is 0 Å². The molecule has 1 N–H and O–H groups in total. The van der Waals surface area contributed by atoms with Crippen LogP contribution < -0.4 is 10.2 Å². The van der Waals surface area contributed by atoms with Crippen LogP contribution in [0.5, 0.6) is 0 Å². The standard InChI is InChI=1S/C17H22N4O/c1-4-20-10-13(9-18-20)17(22)21-11-15(12(2)3)19-14-7-5-6-8-16(14)21/h5-10,12,15,19H,4,11H2,1-3H3. The monoisotopic (exact) mass is 298 g/mol. The number of para-hydroxylation sites is 2. The van der Waals surface area contributed by atoms with Crippen LogP contribution in [0.3, 0.4) is 0 Å². The van der Waals surface area contributed by atoms with Gasteiger partial charge in [-0.05, 0) is 25.0 Å². The van der Waals surface area contributed by atoms with E-state index in [9.17, 15) is 4.79 Å². The van der Waals surface area contributed by atoms with Crippen LogP contribution in [0.2, 0.25) is 0 Å². The lowest BCUT2D eigenvalue weighted by atomic mass is 9.99. The van der Waals surface area contributed by atoms with E-state index in [1.807, 2.05) is 42.3 Å². The summed E-state index contributed by atoms with van der Waals surface area (Å²) in [6, 6.07) is 8.22. The molecule has 1 aliphatic rings. The molecule has 0 bridgehead atoms. The lowest BCUT2D eigenvalue weighted by molar-refractivity contribution is 0.0983. The van der Waals surface area contributed by atoms with Crippen molar-refractivity contribution in [1.29, 1.82) is 0 Å². The molecule has 0 spiro atoms. The quantitative estimate of drug-likeness (QED) is 0.947.